The third-order valence-corrected chi connectivity index (χ3v) is 3.03. The van der Waals surface area contributed by atoms with Gasteiger partial charge in [0.2, 0.25) is 0 Å². The number of aliphatic hydroxyl groups excluding tert-OH is 1. The highest BCUT2D eigenvalue weighted by atomic mass is 16.3. The van der Waals surface area contributed by atoms with E-state index in [9.17, 15) is 9.59 Å². The predicted molar refractivity (Wildman–Crippen MR) is 64.2 cm³/mol. The van der Waals surface area contributed by atoms with Gasteiger partial charge in [-0.3, -0.25) is 13.9 Å². The van der Waals surface area contributed by atoms with Crippen molar-refractivity contribution in [1.29, 1.82) is 0 Å². The van der Waals surface area contributed by atoms with Gasteiger partial charge in [-0.05, 0) is 13.0 Å². The molecule has 17 heavy (non-hydrogen) atoms. The van der Waals surface area contributed by atoms with Crippen LogP contribution in [0.3, 0.4) is 0 Å². The van der Waals surface area contributed by atoms with Crippen molar-refractivity contribution in [3.8, 4) is 0 Å². The van der Waals surface area contributed by atoms with Crippen molar-refractivity contribution >= 4 is 11.0 Å². The van der Waals surface area contributed by atoms with Crippen LogP contribution in [-0.4, -0.2) is 25.4 Å². The van der Waals surface area contributed by atoms with E-state index in [1.165, 1.54) is 11.6 Å². The summed E-state index contributed by atoms with van der Waals surface area (Å²) in [6.45, 7) is 2.18. The molecule has 1 N–H and O–H groups in total. The van der Waals surface area contributed by atoms with Crippen molar-refractivity contribution in [3.05, 3.63) is 32.6 Å². The number of aromatic nitrogens is 3. The first-order chi connectivity index (χ1) is 7.99. The van der Waals surface area contributed by atoms with Crippen molar-refractivity contribution in [1.82, 2.24) is 13.7 Å². The lowest BCUT2D eigenvalue weighted by molar-refractivity contribution is 0.276. The summed E-state index contributed by atoms with van der Waals surface area (Å²) in [5, 5.41) is 9.52. The molecule has 0 aromatic carbocycles. The second-order valence-corrected chi connectivity index (χ2v) is 4.10. The van der Waals surface area contributed by atoms with E-state index in [1.54, 1.807) is 17.7 Å². The van der Waals surface area contributed by atoms with Crippen LogP contribution in [-0.2, 0) is 20.6 Å². The van der Waals surface area contributed by atoms with Crippen LogP contribution >= 0.6 is 0 Å². The smallest absolute Gasteiger partial charge is 0.332 e. The molecule has 2 rings (SSSR count). The molecule has 0 saturated carbocycles. The predicted octanol–water partition coefficient (Wildman–Crippen LogP) is -0.661. The van der Waals surface area contributed by atoms with Crippen LogP contribution in [0.15, 0.2) is 15.7 Å². The van der Waals surface area contributed by atoms with Crippen LogP contribution in [0.5, 0.6) is 0 Å². The normalized spacial score (nSPS) is 11.3. The van der Waals surface area contributed by atoms with Gasteiger partial charge in [0.15, 0.2) is 0 Å². The summed E-state index contributed by atoms with van der Waals surface area (Å²) in [6, 6.07) is 1.74. The number of hydrogen-bond donors (Lipinski definition) is 1. The molecule has 0 unspecified atom stereocenters. The molecule has 6 nitrogen and oxygen atoms in total. The van der Waals surface area contributed by atoms with Gasteiger partial charge < -0.3 is 9.67 Å². The van der Waals surface area contributed by atoms with E-state index in [0.29, 0.717) is 17.6 Å². The Balaban J connectivity index is 3.02. The highest BCUT2D eigenvalue weighted by Crippen LogP contribution is 2.13. The number of hydrogen-bond acceptors (Lipinski definition) is 3. The van der Waals surface area contributed by atoms with Gasteiger partial charge >= 0.3 is 5.69 Å². The first-order valence-corrected chi connectivity index (χ1v) is 5.35. The maximum Gasteiger partial charge on any atom is 0.332 e. The SMILES string of the molecule is Cc1cc2c(=O)n(C)c(=O)n(C)c2n1CCO. The fraction of sp³-hybridized carbons (Fsp3) is 0.455. The molecule has 0 aliphatic heterocycles. The lowest BCUT2D eigenvalue weighted by atomic mass is 10.4. The van der Waals surface area contributed by atoms with E-state index >= 15 is 0 Å². The second kappa shape index (κ2) is 3.89. The Morgan fingerprint density at radius 1 is 1.24 bits per heavy atom. The second-order valence-electron chi connectivity index (χ2n) is 4.10. The van der Waals surface area contributed by atoms with Gasteiger partial charge in [-0.1, -0.05) is 0 Å². The van der Waals surface area contributed by atoms with Gasteiger partial charge in [0.05, 0.1) is 12.0 Å². The molecule has 0 amide bonds. The summed E-state index contributed by atoms with van der Waals surface area (Å²) in [7, 11) is 3.08. The van der Waals surface area contributed by atoms with Crippen molar-refractivity contribution in [2.75, 3.05) is 6.61 Å². The van der Waals surface area contributed by atoms with Crippen LogP contribution in [0, 0.1) is 6.92 Å². The van der Waals surface area contributed by atoms with E-state index < -0.39 is 0 Å². The standard InChI is InChI=1S/C11H15N3O3/c1-7-6-8-9(14(7)4-5-15)12(2)11(17)13(3)10(8)16/h6,15H,4-5H2,1-3H3. The Labute approximate surface area is 97.3 Å². The third kappa shape index (κ3) is 1.52. The summed E-state index contributed by atoms with van der Waals surface area (Å²) >= 11 is 0. The molecular weight excluding hydrogens is 222 g/mol. The zero-order valence-corrected chi connectivity index (χ0v) is 10.1. The zero-order valence-electron chi connectivity index (χ0n) is 10.1. The number of aliphatic hydroxyl groups is 1. The Bertz CT molecular complexity index is 691. The lowest BCUT2D eigenvalue weighted by Gasteiger charge is -2.09. The van der Waals surface area contributed by atoms with Crippen molar-refractivity contribution < 1.29 is 5.11 Å². The molecule has 0 radical (unpaired) electrons. The van der Waals surface area contributed by atoms with E-state index in [2.05, 4.69) is 0 Å². The lowest BCUT2D eigenvalue weighted by Crippen LogP contribution is -2.37. The Morgan fingerprint density at radius 3 is 2.47 bits per heavy atom. The number of rotatable bonds is 2. The van der Waals surface area contributed by atoms with E-state index in [-0.39, 0.29) is 17.9 Å². The fourth-order valence-corrected chi connectivity index (χ4v) is 2.15. The fourth-order valence-electron chi connectivity index (χ4n) is 2.15. The molecule has 2 aromatic rings. The van der Waals surface area contributed by atoms with E-state index in [4.69, 9.17) is 5.11 Å². The van der Waals surface area contributed by atoms with Gasteiger partial charge in [0, 0.05) is 26.3 Å². The average Bonchev–Trinajstić information content (AvgIpc) is 2.62. The molecule has 0 atom stereocenters. The minimum absolute atomic E-state index is 0.0337. The first-order valence-electron chi connectivity index (χ1n) is 5.35. The van der Waals surface area contributed by atoms with Gasteiger partial charge in [-0.2, -0.15) is 0 Å². The summed E-state index contributed by atoms with van der Waals surface area (Å²) in [5.74, 6) is 0. The molecule has 2 aromatic heterocycles. The van der Waals surface area contributed by atoms with E-state index in [1.807, 2.05) is 6.92 Å². The number of aryl methyl sites for hydroxylation is 2. The highest BCUT2D eigenvalue weighted by molar-refractivity contribution is 5.76. The molecule has 0 spiro atoms. The van der Waals surface area contributed by atoms with Crippen LogP contribution in [0.2, 0.25) is 0 Å². The third-order valence-electron chi connectivity index (χ3n) is 3.03. The summed E-state index contributed by atoms with van der Waals surface area (Å²) < 4.78 is 4.29. The van der Waals surface area contributed by atoms with Crippen LogP contribution in [0.1, 0.15) is 5.69 Å². The summed E-state index contributed by atoms with van der Waals surface area (Å²) in [5.41, 5.74) is 0.750. The van der Waals surface area contributed by atoms with Gasteiger partial charge in [0.25, 0.3) is 5.56 Å². The maximum absolute atomic E-state index is 11.9. The van der Waals surface area contributed by atoms with Gasteiger partial charge in [0.1, 0.15) is 5.65 Å². The Kier molecular flexibility index (Phi) is 2.66. The van der Waals surface area contributed by atoms with Gasteiger partial charge in [-0.25, -0.2) is 4.79 Å². The van der Waals surface area contributed by atoms with Gasteiger partial charge in [-0.15, -0.1) is 0 Å². The van der Waals surface area contributed by atoms with Crippen molar-refractivity contribution in [2.24, 2.45) is 14.1 Å². The minimum Gasteiger partial charge on any atom is -0.395 e. The monoisotopic (exact) mass is 237 g/mol. The molecule has 92 valence electrons. The topological polar surface area (TPSA) is 69.2 Å². The Morgan fingerprint density at radius 2 is 1.88 bits per heavy atom. The van der Waals surface area contributed by atoms with Crippen LogP contribution < -0.4 is 11.2 Å². The summed E-state index contributed by atoms with van der Waals surface area (Å²) in [6.07, 6.45) is 0. The Hall–Kier alpha value is -1.82. The van der Waals surface area contributed by atoms with Crippen molar-refractivity contribution in [2.45, 2.75) is 13.5 Å². The highest BCUT2D eigenvalue weighted by Gasteiger charge is 2.14. The molecule has 0 bridgehead atoms. The molecule has 2 heterocycles. The van der Waals surface area contributed by atoms with Crippen LogP contribution in [0.25, 0.3) is 11.0 Å². The minimum atomic E-state index is -0.361. The quantitative estimate of drug-likeness (QED) is 0.754. The zero-order chi connectivity index (χ0) is 12.7. The number of fused-ring (bicyclic) bond motifs is 1. The summed E-state index contributed by atoms with van der Waals surface area (Å²) in [4.78, 5) is 23.8. The molecule has 6 heteroatoms. The largest absolute Gasteiger partial charge is 0.395 e. The molecule has 0 aliphatic carbocycles. The maximum atomic E-state index is 11.9. The van der Waals surface area contributed by atoms with Crippen molar-refractivity contribution in [3.63, 3.8) is 0 Å². The average molecular weight is 237 g/mol. The first kappa shape index (κ1) is 11.7. The molecule has 0 saturated heterocycles. The molecule has 0 aliphatic rings. The number of nitrogens with zero attached hydrogens (tertiary/aromatic N) is 3. The molecule has 0 fully saturated rings. The molecular formula is C11H15N3O3. The van der Waals surface area contributed by atoms with Crippen LogP contribution in [0.4, 0.5) is 0 Å². The van der Waals surface area contributed by atoms with E-state index in [0.717, 1.165) is 10.3 Å².